The van der Waals surface area contributed by atoms with Crippen LogP contribution in [0.3, 0.4) is 0 Å². The Morgan fingerprint density at radius 3 is 1.65 bits per heavy atom. The van der Waals surface area contributed by atoms with Gasteiger partial charge in [-0.15, -0.1) is 22.7 Å². The molecule has 4 aromatic carbocycles. The molecule has 0 fully saturated rings. The van der Waals surface area contributed by atoms with E-state index in [-0.39, 0.29) is 39.9 Å². The number of nitrogens with zero attached hydrogens (tertiary/aromatic N) is 4. The highest BCUT2D eigenvalue weighted by atomic mass is 32.2. The summed E-state index contributed by atoms with van der Waals surface area (Å²) in [6, 6.07) is 24.8. The van der Waals surface area contributed by atoms with Crippen LogP contribution in [0, 0.1) is 13.8 Å². The van der Waals surface area contributed by atoms with E-state index in [1.165, 1.54) is 34.8 Å². The number of carbonyl (C=O) groups excluding carboxylic acids is 4. The van der Waals surface area contributed by atoms with Gasteiger partial charge in [0.15, 0.2) is 29.9 Å². The summed E-state index contributed by atoms with van der Waals surface area (Å²) in [4.78, 5) is 64.2. The van der Waals surface area contributed by atoms with E-state index in [1.807, 2.05) is 73.4 Å². The second-order valence-corrected chi connectivity index (χ2v) is 21.0. The van der Waals surface area contributed by atoms with Crippen molar-refractivity contribution < 1.29 is 36.0 Å². The number of likely N-dealkylation sites (N-methyl/N-ethyl adjacent to an activating group) is 2. The van der Waals surface area contributed by atoms with Gasteiger partial charge in [0.2, 0.25) is 17.7 Å². The van der Waals surface area contributed by atoms with Crippen molar-refractivity contribution in [3.63, 3.8) is 0 Å². The first-order valence-electron chi connectivity index (χ1n) is 20.1. The van der Waals surface area contributed by atoms with Crippen LogP contribution in [0.15, 0.2) is 105 Å². The van der Waals surface area contributed by atoms with Crippen LogP contribution >= 0.6 is 22.7 Å². The molecule has 16 nitrogen and oxygen atoms in total. The Hall–Kier alpha value is -6.48. The summed E-state index contributed by atoms with van der Waals surface area (Å²) in [6.45, 7) is 4.74. The molecule has 0 saturated carbocycles. The zero-order valence-corrected chi connectivity index (χ0v) is 39.7. The summed E-state index contributed by atoms with van der Waals surface area (Å²) in [7, 11) is -2.98. The van der Waals surface area contributed by atoms with E-state index in [1.54, 1.807) is 38.1 Å². The molecule has 20 heteroatoms. The minimum atomic E-state index is -3.50. The first-order valence-corrected chi connectivity index (χ1v) is 25.6. The maximum absolute atomic E-state index is 12.7. The molecule has 4 amide bonds. The van der Waals surface area contributed by atoms with E-state index in [0.29, 0.717) is 45.9 Å². The van der Waals surface area contributed by atoms with Crippen molar-refractivity contribution >= 4 is 93.3 Å². The van der Waals surface area contributed by atoms with Crippen LogP contribution in [-0.2, 0) is 34.1 Å². The number of sulfone groups is 2. The predicted octanol–water partition coefficient (Wildman–Crippen LogP) is 6.66. The molecule has 0 spiro atoms. The molecule has 2 heterocycles. The summed E-state index contributed by atoms with van der Waals surface area (Å²) in [5, 5.41) is 15.1. The van der Waals surface area contributed by atoms with Crippen molar-refractivity contribution in [2.24, 2.45) is 0 Å². The minimum Gasteiger partial charge on any atom is -0.373 e. The standard InChI is InChI=1S/C45H48N8O8S4/c1-28-13-15-32(23-38(28)64(5,58)59)43(57)46-18-17-40(54)50-44-48-36(26-62-44)30-9-7-11-34(21-30)52(3)19-20-53(4)35-12-8-10-31(22-35)37-27-63-45(49-37)51-42(56)25-41(55)47-33-16-14-29(2)39(24-33)65(6,60)61/h7-16,21-24,26-27H,17-20,25H2,1-6H3,(H,46,57)(H,47,55)(H,48,50,54)(H,49,51,56). The van der Waals surface area contributed by atoms with E-state index in [4.69, 9.17) is 0 Å². The van der Waals surface area contributed by atoms with Gasteiger partial charge in [-0.1, -0.05) is 36.4 Å². The third-order valence-electron chi connectivity index (χ3n) is 10.1. The Labute approximate surface area is 386 Å². The summed E-state index contributed by atoms with van der Waals surface area (Å²) >= 11 is 2.52. The Morgan fingerprint density at radius 2 is 1.11 bits per heavy atom. The molecule has 0 aliphatic carbocycles. The van der Waals surface area contributed by atoms with Crippen LogP contribution in [0.25, 0.3) is 22.5 Å². The van der Waals surface area contributed by atoms with Gasteiger partial charge in [-0.3, -0.25) is 19.2 Å². The molecule has 6 aromatic rings. The van der Waals surface area contributed by atoms with Gasteiger partial charge < -0.3 is 31.1 Å². The number of benzene rings is 4. The highest BCUT2D eigenvalue weighted by Crippen LogP contribution is 2.30. The third kappa shape index (κ3) is 13.1. The second-order valence-electron chi connectivity index (χ2n) is 15.4. The molecule has 0 radical (unpaired) electrons. The highest BCUT2D eigenvalue weighted by Gasteiger charge is 2.18. The minimum absolute atomic E-state index is 0.00427. The maximum Gasteiger partial charge on any atom is 0.251 e. The number of aryl methyl sites for hydroxylation is 2. The number of thiazole rings is 2. The second kappa shape index (κ2) is 20.6. The van der Waals surface area contributed by atoms with E-state index in [2.05, 4.69) is 41.0 Å². The highest BCUT2D eigenvalue weighted by molar-refractivity contribution is 7.91. The Bertz CT molecular complexity index is 2990. The van der Waals surface area contributed by atoms with Crippen LogP contribution in [0.4, 0.5) is 27.3 Å². The number of aromatic nitrogens is 2. The number of hydrogen-bond donors (Lipinski definition) is 4. The average Bonchev–Trinajstić information content (AvgIpc) is 3.92. The van der Waals surface area contributed by atoms with Crippen molar-refractivity contribution in [1.29, 1.82) is 0 Å². The molecule has 6 rings (SSSR count). The Balaban J connectivity index is 0.965. The molecule has 0 saturated heterocycles. The predicted molar refractivity (Wildman–Crippen MR) is 258 cm³/mol. The lowest BCUT2D eigenvalue weighted by Gasteiger charge is -2.25. The fourth-order valence-electron chi connectivity index (χ4n) is 6.60. The number of rotatable bonds is 18. The molecule has 0 atom stereocenters. The third-order valence-corrected chi connectivity index (χ3v) is 14.1. The monoisotopic (exact) mass is 956 g/mol. The van der Waals surface area contributed by atoms with Gasteiger partial charge in [-0.05, 0) is 73.5 Å². The zero-order chi connectivity index (χ0) is 47.1. The van der Waals surface area contributed by atoms with Gasteiger partial charge in [0.1, 0.15) is 6.42 Å². The summed E-state index contributed by atoms with van der Waals surface area (Å²) in [6.07, 6.45) is 1.70. The van der Waals surface area contributed by atoms with Crippen molar-refractivity contribution in [2.75, 3.05) is 72.0 Å². The van der Waals surface area contributed by atoms with Gasteiger partial charge in [-0.25, -0.2) is 26.8 Å². The van der Waals surface area contributed by atoms with Gasteiger partial charge >= 0.3 is 0 Å². The van der Waals surface area contributed by atoms with Gasteiger partial charge in [0, 0.05) is 97.2 Å². The molecule has 65 heavy (non-hydrogen) atoms. The van der Waals surface area contributed by atoms with Gasteiger partial charge in [0.05, 0.1) is 21.2 Å². The lowest BCUT2D eigenvalue weighted by molar-refractivity contribution is -0.123. The zero-order valence-electron chi connectivity index (χ0n) is 36.5. The average molecular weight is 957 g/mol. The number of carbonyl (C=O) groups is 4. The molecule has 2 aromatic heterocycles. The van der Waals surface area contributed by atoms with Crippen LogP contribution in [0.1, 0.15) is 34.3 Å². The maximum atomic E-state index is 12.7. The molecule has 0 aliphatic heterocycles. The van der Waals surface area contributed by atoms with Crippen molar-refractivity contribution in [3.05, 3.63) is 112 Å². The van der Waals surface area contributed by atoms with Crippen molar-refractivity contribution in [2.45, 2.75) is 36.5 Å². The molecular formula is C45H48N8O8S4. The summed E-state index contributed by atoms with van der Waals surface area (Å²) < 4.78 is 48.2. The van der Waals surface area contributed by atoms with E-state index < -0.39 is 43.8 Å². The SMILES string of the molecule is Cc1ccc(NC(=O)CC(=O)Nc2nc(-c3cccc(N(C)CCN(C)c4cccc(-c5csc(NC(=O)CCNC(=O)c6ccc(C)c(S(C)(=O)=O)c6)n5)c4)c3)cs2)cc1S(C)(=O)=O. The van der Waals surface area contributed by atoms with Crippen molar-refractivity contribution in [1.82, 2.24) is 15.3 Å². The van der Waals surface area contributed by atoms with E-state index >= 15 is 0 Å². The molecule has 0 unspecified atom stereocenters. The molecule has 0 bridgehead atoms. The Kier molecular flexibility index (Phi) is 15.2. The van der Waals surface area contributed by atoms with Crippen LogP contribution < -0.4 is 31.1 Å². The fourth-order valence-corrected chi connectivity index (χ4v) is 10.1. The van der Waals surface area contributed by atoms with Crippen LogP contribution in [0.5, 0.6) is 0 Å². The molecule has 340 valence electrons. The first kappa shape index (κ1) is 48.0. The lowest BCUT2D eigenvalue weighted by Crippen LogP contribution is -2.30. The summed E-state index contributed by atoms with van der Waals surface area (Å²) in [5.74, 6) is -1.96. The van der Waals surface area contributed by atoms with E-state index in [9.17, 15) is 36.0 Å². The normalized spacial score (nSPS) is 11.4. The summed E-state index contributed by atoms with van der Waals surface area (Å²) in [5.41, 5.74) is 6.59. The molecular weight excluding hydrogens is 909 g/mol. The molecule has 0 aliphatic rings. The number of amides is 4. The quantitative estimate of drug-likeness (QED) is 0.0666. The number of anilines is 5. The number of nitrogens with one attached hydrogen (secondary N) is 4. The van der Waals surface area contributed by atoms with E-state index in [0.717, 1.165) is 35.0 Å². The molecule has 4 N–H and O–H groups in total. The largest absolute Gasteiger partial charge is 0.373 e. The van der Waals surface area contributed by atoms with Gasteiger partial charge in [0.25, 0.3) is 5.91 Å². The smallest absolute Gasteiger partial charge is 0.251 e. The van der Waals surface area contributed by atoms with Crippen LogP contribution in [0.2, 0.25) is 0 Å². The lowest BCUT2D eigenvalue weighted by atomic mass is 10.1. The van der Waals surface area contributed by atoms with Gasteiger partial charge in [-0.2, -0.15) is 0 Å². The Morgan fingerprint density at radius 1 is 0.615 bits per heavy atom. The first-order chi connectivity index (χ1) is 30.7. The van der Waals surface area contributed by atoms with Crippen molar-refractivity contribution in [3.8, 4) is 22.5 Å². The topological polar surface area (TPSA) is 217 Å². The number of hydrogen-bond acceptors (Lipinski definition) is 14. The fraction of sp³-hybridized carbons (Fsp3) is 0.244. The van der Waals surface area contributed by atoms with Crippen LogP contribution in [-0.4, -0.2) is 96.7 Å².